The second-order valence-electron chi connectivity index (χ2n) is 4.95. The maximum atomic E-state index is 10.5. The Hall–Kier alpha value is -1.46. The largest absolute Gasteiger partial charge is 0.381 e. The summed E-state index contributed by atoms with van der Waals surface area (Å²) in [4.78, 5) is 10.2. The summed E-state index contributed by atoms with van der Waals surface area (Å²) in [6, 6.07) is 6.69. The number of nitrogens with zero attached hydrogens (tertiary/aromatic N) is 1. The highest BCUT2D eigenvalue weighted by Crippen LogP contribution is 2.20. The molecule has 0 atom stereocenters. The van der Waals surface area contributed by atoms with E-state index in [1.807, 2.05) is 0 Å². The summed E-state index contributed by atoms with van der Waals surface area (Å²) in [5.74, 6) is 0. The molecule has 1 aromatic rings. The summed E-state index contributed by atoms with van der Waals surface area (Å²) in [5.41, 5.74) is 1.31. The molecule has 1 aliphatic rings. The average molecular weight is 250 g/mol. The lowest BCUT2D eigenvalue weighted by atomic mass is 9.92. The van der Waals surface area contributed by atoms with E-state index in [-0.39, 0.29) is 16.1 Å². The van der Waals surface area contributed by atoms with Gasteiger partial charge in [-0.2, -0.15) is 0 Å². The predicted octanol–water partition coefficient (Wildman–Crippen LogP) is 2.25. The second kappa shape index (κ2) is 5.46. The highest BCUT2D eigenvalue weighted by atomic mass is 16.6. The number of hydrogen-bond donors (Lipinski definition) is 1. The Balaban J connectivity index is 1.91. The van der Waals surface area contributed by atoms with Crippen molar-refractivity contribution in [3.63, 3.8) is 0 Å². The van der Waals surface area contributed by atoms with Crippen molar-refractivity contribution in [3.8, 4) is 0 Å². The highest BCUT2D eigenvalue weighted by molar-refractivity contribution is 5.32. The van der Waals surface area contributed by atoms with E-state index < -0.39 is 0 Å². The molecule has 1 N–H and O–H groups in total. The van der Waals surface area contributed by atoms with E-state index in [1.165, 1.54) is 0 Å². The fourth-order valence-electron chi connectivity index (χ4n) is 2.05. The zero-order valence-electron chi connectivity index (χ0n) is 10.5. The van der Waals surface area contributed by atoms with Crippen LogP contribution in [-0.4, -0.2) is 23.7 Å². The zero-order valence-corrected chi connectivity index (χ0v) is 10.5. The number of ether oxygens (including phenoxy) is 1. The third-order valence-corrected chi connectivity index (χ3v) is 3.46. The van der Waals surface area contributed by atoms with E-state index in [1.54, 1.807) is 24.3 Å². The lowest BCUT2D eigenvalue weighted by Gasteiger charge is -2.34. The molecule has 0 radical (unpaired) electrons. The molecular formula is C13H18N2O3. The van der Waals surface area contributed by atoms with Crippen LogP contribution in [0.2, 0.25) is 0 Å². The van der Waals surface area contributed by atoms with Gasteiger partial charge in [-0.25, -0.2) is 0 Å². The summed E-state index contributed by atoms with van der Waals surface area (Å²) in [7, 11) is 0. The van der Waals surface area contributed by atoms with Crippen molar-refractivity contribution in [3.05, 3.63) is 39.9 Å². The maximum absolute atomic E-state index is 10.5. The van der Waals surface area contributed by atoms with Crippen molar-refractivity contribution in [2.45, 2.75) is 31.8 Å². The lowest BCUT2D eigenvalue weighted by molar-refractivity contribution is -0.384. The molecular weight excluding hydrogens is 232 g/mol. The predicted molar refractivity (Wildman–Crippen MR) is 68.4 cm³/mol. The van der Waals surface area contributed by atoms with E-state index in [0.29, 0.717) is 0 Å². The van der Waals surface area contributed by atoms with Crippen LogP contribution in [-0.2, 0) is 11.3 Å². The number of nitrogens with one attached hydrogen (secondary N) is 1. The SMILES string of the molecule is CC1(NCc2ccc([N+](=O)[O-])cc2)CCOCC1. The van der Waals surface area contributed by atoms with Gasteiger partial charge in [-0.15, -0.1) is 0 Å². The van der Waals surface area contributed by atoms with Crippen molar-refractivity contribution < 1.29 is 9.66 Å². The molecule has 5 nitrogen and oxygen atoms in total. The number of benzene rings is 1. The van der Waals surface area contributed by atoms with Crippen LogP contribution >= 0.6 is 0 Å². The van der Waals surface area contributed by atoms with Crippen LogP contribution in [0.15, 0.2) is 24.3 Å². The molecule has 0 unspecified atom stereocenters. The Bertz CT molecular complexity index is 411. The first-order chi connectivity index (χ1) is 8.59. The van der Waals surface area contributed by atoms with E-state index in [4.69, 9.17) is 4.74 Å². The molecule has 0 aromatic heterocycles. The minimum absolute atomic E-state index is 0.111. The second-order valence-corrected chi connectivity index (χ2v) is 4.95. The van der Waals surface area contributed by atoms with Crippen LogP contribution in [0.5, 0.6) is 0 Å². The zero-order chi connectivity index (χ0) is 13.0. The van der Waals surface area contributed by atoms with Gasteiger partial charge < -0.3 is 10.1 Å². The van der Waals surface area contributed by atoms with Crippen molar-refractivity contribution in [1.82, 2.24) is 5.32 Å². The normalized spacial score (nSPS) is 18.5. The van der Waals surface area contributed by atoms with Crippen LogP contribution < -0.4 is 5.32 Å². The number of hydrogen-bond acceptors (Lipinski definition) is 4. The third kappa shape index (κ3) is 3.27. The molecule has 98 valence electrons. The first-order valence-corrected chi connectivity index (χ1v) is 6.15. The monoisotopic (exact) mass is 250 g/mol. The van der Waals surface area contributed by atoms with Gasteiger partial charge >= 0.3 is 0 Å². The summed E-state index contributed by atoms with van der Waals surface area (Å²) >= 11 is 0. The molecule has 18 heavy (non-hydrogen) atoms. The van der Waals surface area contributed by atoms with Crippen molar-refractivity contribution in [2.24, 2.45) is 0 Å². The van der Waals surface area contributed by atoms with E-state index in [2.05, 4.69) is 12.2 Å². The molecule has 1 aromatic carbocycles. The molecule has 5 heteroatoms. The van der Waals surface area contributed by atoms with Crippen molar-refractivity contribution >= 4 is 5.69 Å². The van der Waals surface area contributed by atoms with Crippen LogP contribution in [0.25, 0.3) is 0 Å². The van der Waals surface area contributed by atoms with Gasteiger partial charge in [0.15, 0.2) is 0 Å². The Morgan fingerprint density at radius 2 is 1.94 bits per heavy atom. The fraction of sp³-hybridized carbons (Fsp3) is 0.538. The standard InChI is InChI=1S/C13H18N2O3/c1-13(6-8-18-9-7-13)14-10-11-2-4-12(5-3-11)15(16)17/h2-5,14H,6-10H2,1H3. The molecule has 1 saturated heterocycles. The van der Waals surface area contributed by atoms with E-state index >= 15 is 0 Å². The average Bonchev–Trinajstić information content (AvgIpc) is 2.38. The van der Waals surface area contributed by atoms with Crippen LogP contribution in [0.1, 0.15) is 25.3 Å². The topological polar surface area (TPSA) is 64.4 Å². The van der Waals surface area contributed by atoms with Gasteiger partial charge in [0.25, 0.3) is 5.69 Å². The molecule has 1 aliphatic heterocycles. The fourth-order valence-corrected chi connectivity index (χ4v) is 2.05. The number of nitro groups is 1. The van der Waals surface area contributed by atoms with Gasteiger partial charge in [0.05, 0.1) is 4.92 Å². The molecule has 0 bridgehead atoms. The smallest absolute Gasteiger partial charge is 0.269 e. The highest BCUT2D eigenvalue weighted by Gasteiger charge is 2.26. The quantitative estimate of drug-likeness (QED) is 0.657. The lowest BCUT2D eigenvalue weighted by Crippen LogP contribution is -2.46. The molecule has 1 heterocycles. The first-order valence-electron chi connectivity index (χ1n) is 6.15. The van der Waals surface area contributed by atoms with Crippen LogP contribution in [0.4, 0.5) is 5.69 Å². The molecule has 0 aliphatic carbocycles. The van der Waals surface area contributed by atoms with Gasteiger partial charge in [0.2, 0.25) is 0 Å². The molecule has 0 spiro atoms. The summed E-state index contributed by atoms with van der Waals surface area (Å²) in [6.07, 6.45) is 2.00. The van der Waals surface area contributed by atoms with Gasteiger partial charge in [-0.1, -0.05) is 12.1 Å². The minimum atomic E-state index is -0.378. The van der Waals surface area contributed by atoms with Gasteiger partial charge in [0.1, 0.15) is 0 Å². The number of rotatable bonds is 4. The summed E-state index contributed by atoms with van der Waals surface area (Å²) in [6.45, 7) is 4.52. The summed E-state index contributed by atoms with van der Waals surface area (Å²) < 4.78 is 5.34. The molecule has 1 fully saturated rings. The number of non-ortho nitro benzene ring substituents is 1. The Kier molecular flexibility index (Phi) is 3.93. The van der Waals surface area contributed by atoms with Gasteiger partial charge in [0, 0.05) is 37.4 Å². The van der Waals surface area contributed by atoms with Crippen molar-refractivity contribution in [1.29, 1.82) is 0 Å². The minimum Gasteiger partial charge on any atom is -0.381 e. The summed E-state index contributed by atoms with van der Waals surface area (Å²) in [5, 5.41) is 14.1. The van der Waals surface area contributed by atoms with Gasteiger partial charge in [-0.05, 0) is 25.3 Å². The number of nitro benzene ring substituents is 1. The van der Waals surface area contributed by atoms with E-state index in [0.717, 1.165) is 38.2 Å². The van der Waals surface area contributed by atoms with Crippen LogP contribution in [0.3, 0.4) is 0 Å². The Labute approximate surface area is 106 Å². The third-order valence-electron chi connectivity index (χ3n) is 3.46. The molecule has 2 rings (SSSR count). The van der Waals surface area contributed by atoms with Crippen molar-refractivity contribution in [2.75, 3.05) is 13.2 Å². The van der Waals surface area contributed by atoms with Gasteiger partial charge in [-0.3, -0.25) is 10.1 Å². The Morgan fingerprint density at radius 3 is 2.50 bits per heavy atom. The Morgan fingerprint density at radius 1 is 1.33 bits per heavy atom. The van der Waals surface area contributed by atoms with Crippen LogP contribution in [0, 0.1) is 10.1 Å². The maximum Gasteiger partial charge on any atom is 0.269 e. The first kappa shape index (κ1) is 13.0. The molecule has 0 amide bonds. The molecule has 0 saturated carbocycles. The van der Waals surface area contributed by atoms with E-state index in [9.17, 15) is 10.1 Å².